The van der Waals surface area contributed by atoms with Crippen LogP contribution in [-0.2, 0) is 0 Å². The average molecular weight is 247 g/mol. The van der Waals surface area contributed by atoms with Crippen LogP contribution in [0.3, 0.4) is 0 Å². The highest BCUT2D eigenvalue weighted by molar-refractivity contribution is 5.99. The van der Waals surface area contributed by atoms with Gasteiger partial charge in [-0.05, 0) is 61.7 Å². The number of nitrogens with one attached hydrogen (secondary N) is 1. The van der Waals surface area contributed by atoms with Crippen LogP contribution in [0.1, 0.15) is 32.1 Å². The summed E-state index contributed by atoms with van der Waals surface area (Å²) in [5, 5.41) is 19.6. The van der Waals surface area contributed by atoms with E-state index in [1.807, 2.05) is 0 Å². The lowest BCUT2D eigenvalue weighted by molar-refractivity contribution is -0.0197. The molecule has 0 radical (unpaired) electrons. The van der Waals surface area contributed by atoms with E-state index in [1.54, 1.807) is 0 Å². The van der Waals surface area contributed by atoms with Gasteiger partial charge in [-0.15, -0.1) is 0 Å². The molecule has 0 aromatic rings. The number of nitrogens with zero attached hydrogens (tertiary/aromatic N) is 1. The normalized spacial score (nSPS) is 46.4. The van der Waals surface area contributed by atoms with E-state index < -0.39 is 0 Å². The van der Waals surface area contributed by atoms with Crippen LogP contribution in [0.2, 0.25) is 0 Å². The summed E-state index contributed by atoms with van der Waals surface area (Å²) >= 11 is 0. The summed E-state index contributed by atoms with van der Waals surface area (Å²) < 4.78 is 0. The molecule has 0 unspecified atom stereocenters. The molecule has 4 saturated carbocycles. The molecular formula is C14H21N3O. The van der Waals surface area contributed by atoms with E-state index >= 15 is 0 Å². The fourth-order valence-corrected chi connectivity index (χ4v) is 5.36. The number of amidine groups is 1. The molecule has 4 nitrogen and oxygen atoms in total. The molecule has 4 aliphatic carbocycles. The van der Waals surface area contributed by atoms with Crippen molar-refractivity contribution in [1.82, 2.24) is 5.01 Å². The molecule has 0 amide bonds. The van der Waals surface area contributed by atoms with E-state index in [4.69, 9.17) is 11.3 Å². The predicted octanol–water partition coefficient (Wildman–Crippen LogP) is 2.04. The van der Waals surface area contributed by atoms with Gasteiger partial charge in [0.25, 0.3) is 0 Å². The van der Waals surface area contributed by atoms with Gasteiger partial charge in [0.15, 0.2) is 0 Å². The van der Waals surface area contributed by atoms with Gasteiger partial charge in [-0.2, -0.15) is 0 Å². The van der Waals surface area contributed by atoms with Crippen molar-refractivity contribution in [2.24, 2.45) is 35.4 Å². The molecular weight excluding hydrogens is 226 g/mol. The van der Waals surface area contributed by atoms with Crippen molar-refractivity contribution in [1.29, 1.82) is 5.41 Å². The van der Waals surface area contributed by atoms with Crippen LogP contribution >= 0.6 is 0 Å². The van der Waals surface area contributed by atoms with Gasteiger partial charge in [0.1, 0.15) is 11.6 Å². The third-order valence-corrected chi connectivity index (χ3v) is 5.73. The van der Waals surface area contributed by atoms with Gasteiger partial charge in [-0.3, -0.25) is 10.4 Å². The highest BCUT2D eigenvalue weighted by Gasteiger charge is 2.51. The molecule has 4 heteroatoms. The minimum atomic E-state index is 0.330. The van der Waals surface area contributed by atoms with Crippen molar-refractivity contribution in [3.05, 3.63) is 11.3 Å². The molecule has 1 heterocycles. The van der Waals surface area contributed by atoms with E-state index in [0.717, 1.165) is 17.4 Å². The fraction of sp³-hybridized carbons (Fsp3) is 0.786. The molecule has 18 heavy (non-hydrogen) atoms. The topological polar surface area (TPSA) is 73.3 Å². The van der Waals surface area contributed by atoms with Gasteiger partial charge < -0.3 is 5.11 Å². The Kier molecular flexibility index (Phi) is 2.11. The van der Waals surface area contributed by atoms with Gasteiger partial charge in [0, 0.05) is 5.57 Å². The zero-order valence-corrected chi connectivity index (χ0v) is 10.6. The van der Waals surface area contributed by atoms with Crippen molar-refractivity contribution >= 4 is 5.84 Å². The summed E-state index contributed by atoms with van der Waals surface area (Å²) in [4.78, 5) is 0. The maximum atomic E-state index is 10.1. The van der Waals surface area contributed by atoms with E-state index in [0.29, 0.717) is 35.9 Å². The zero-order chi connectivity index (χ0) is 12.4. The number of hydrogen-bond donors (Lipinski definition) is 3. The Morgan fingerprint density at radius 3 is 2.06 bits per heavy atom. The number of aliphatic hydroxyl groups is 1. The molecule has 5 aliphatic rings. The number of rotatable bonds is 1. The maximum Gasteiger partial charge on any atom is 0.142 e. The largest absolute Gasteiger partial charge is 0.510 e. The minimum Gasteiger partial charge on any atom is -0.510 e. The third-order valence-electron chi connectivity index (χ3n) is 5.73. The van der Waals surface area contributed by atoms with Gasteiger partial charge in [0.2, 0.25) is 0 Å². The zero-order valence-electron chi connectivity index (χ0n) is 10.6. The van der Waals surface area contributed by atoms with Crippen LogP contribution in [0.15, 0.2) is 11.3 Å². The second-order valence-electron chi connectivity index (χ2n) is 6.79. The number of nitrogens with two attached hydrogens (primary N) is 1. The Hall–Kier alpha value is -1.03. The van der Waals surface area contributed by atoms with Crippen LogP contribution in [0.5, 0.6) is 0 Å². The lowest BCUT2D eigenvalue weighted by atomic mass is 9.50. The molecule has 4 N–H and O–H groups in total. The standard InChI is InChI=1S/C14H21N3O/c15-14-13(11(18)6-17(14)16)12-9-2-7-1-8(4-9)5-10(12)3-7/h7-10,12,15,18H,1-6,16H2. The first kappa shape index (κ1) is 10.9. The highest BCUT2D eigenvalue weighted by Crippen LogP contribution is 2.59. The molecule has 1 aliphatic heterocycles. The van der Waals surface area contributed by atoms with Crippen LogP contribution in [0.25, 0.3) is 0 Å². The average Bonchev–Trinajstić information content (AvgIpc) is 2.54. The smallest absolute Gasteiger partial charge is 0.142 e. The molecule has 0 aromatic heterocycles. The molecule has 4 bridgehead atoms. The predicted molar refractivity (Wildman–Crippen MR) is 68.8 cm³/mol. The Morgan fingerprint density at radius 1 is 1.06 bits per heavy atom. The Balaban J connectivity index is 1.70. The quantitative estimate of drug-likeness (QED) is 0.621. The lowest BCUT2D eigenvalue weighted by Crippen LogP contribution is -2.47. The number of hydrogen-bond acceptors (Lipinski definition) is 3. The molecule has 0 atom stereocenters. The molecule has 0 spiro atoms. The first-order chi connectivity index (χ1) is 8.63. The summed E-state index contributed by atoms with van der Waals surface area (Å²) in [6.07, 6.45) is 6.68. The van der Waals surface area contributed by atoms with Crippen molar-refractivity contribution in [2.45, 2.75) is 32.1 Å². The van der Waals surface area contributed by atoms with Crippen LogP contribution in [0.4, 0.5) is 0 Å². The number of hydrazine groups is 1. The van der Waals surface area contributed by atoms with Gasteiger partial charge >= 0.3 is 0 Å². The van der Waals surface area contributed by atoms with Crippen molar-refractivity contribution < 1.29 is 5.11 Å². The summed E-state index contributed by atoms with van der Waals surface area (Å²) in [6.45, 7) is 0.330. The Morgan fingerprint density at radius 2 is 1.61 bits per heavy atom. The molecule has 0 aromatic carbocycles. The van der Waals surface area contributed by atoms with E-state index in [9.17, 15) is 5.11 Å². The van der Waals surface area contributed by atoms with Crippen LogP contribution < -0.4 is 5.84 Å². The van der Waals surface area contributed by atoms with Crippen molar-refractivity contribution in [2.75, 3.05) is 6.54 Å². The summed E-state index contributed by atoms with van der Waals surface area (Å²) in [6, 6.07) is 0. The summed E-state index contributed by atoms with van der Waals surface area (Å²) in [5.41, 5.74) is 0.881. The lowest BCUT2D eigenvalue weighted by Gasteiger charge is -2.54. The van der Waals surface area contributed by atoms with Crippen LogP contribution in [0, 0.1) is 35.0 Å². The molecule has 5 rings (SSSR count). The summed E-state index contributed by atoms with van der Waals surface area (Å²) in [5.74, 6) is 10.2. The van der Waals surface area contributed by atoms with E-state index in [2.05, 4.69) is 0 Å². The third kappa shape index (κ3) is 1.32. The Bertz CT molecular complexity index is 414. The van der Waals surface area contributed by atoms with Gasteiger partial charge in [-0.1, -0.05) is 0 Å². The molecule has 0 saturated heterocycles. The SMILES string of the molecule is N=C1C(C2C3CC4CC(C3)CC2C4)=C(O)CN1N. The van der Waals surface area contributed by atoms with Crippen molar-refractivity contribution in [3.8, 4) is 0 Å². The fourth-order valence-electron chi connectivity index (χ4n) is 5.36. The monoisotopic (exact) mass is 247 g/mol. The maximum absolute atomic E-state index is 10.1. The number of aliphatic hydroxyl groups excluding tert-OH is 1. The molecule has 98 valence electrons. The highest BCUT2D eigenvalue weighted by atomic mass is 16.3. The molecule has 4 fully saturated rings. The second kappa shape index (κ2) is 3.50. The van der Waals surface area contributed by atoms with E-state index in [1.165, 1.54) is 37.1 Å². The first-order valence-corrected chi connectivity index (χ1v) is 7.16. The van der Waals surface area contributed by atoms with Crippen LogP contribution in [-0.4, -0.2) is 22.5 Å². The summed E-state index contributed by atoms with van der Waals surface area (Å²) in [7, 11) is 0. The van der Waals surface area contributed by atoms with Gasteiger partial charge in [0.05, 0.1) is 6.54 Å². The Labute approximate surface area is 107 Å². The van der Waals surface area contributed by atoms with Gasteiger partial charge in [-0.25, -0.2) is 5.84 Å². The minimum absolute atomic E-state index is 0.330. The van der Waals surface area contributed by atoms with Crippen molar-refractivity contribution in [3.63, 3.8) is 0 Å². The van der Waals surface area contributed by atoms with E-state index in [-0.39, 0.29) is 0 Å². The first-order valence-electron chi connectivity index (χ1n) is 7.16. The second-order valence-corrected chi connectivity index (χ2v) is 6.79.